The minimum atomic E-state index is -0.593. The van der Waals surface area contributed by atoms with Gasteiger partial charge in [-0.25, -0.2) is 0 Å². The number of hydrogen-bond acceptors (Lipinski definition) is 1. The maximum absolute atomic E-state index is 10.8. The first-order chi connectivity index (χ1) is 5.75. The van der Waals surface area contributed by atoms with Gasteiger partial charge < -0.3 is 5.11 Å². The van der Waals surface area contributed by atoms with Gasteiger partial charge in [0.15, 0.2) is 0 Å². The second-order valence-corrected chi connectivity index (χ2v) is 3.75. The monoisotopic (exact) mass is 170 g/mol. The molecule has 70 valence electrons. The van der Waals surface area contributed by atoms with Crippen molar-refractivity contribution in [2.45, 2.75) is 45.4 Å². The molecule has 12 heavy (non-hydrogen) atoms. The third-order valence-corrected chi connectivity index (χ3v) is 2.98. The van der Waals surface area contributed by atoms with Gasteiger partial charge in [-0.3, -0.25) is 4.79 Å². The lowest BCUT2D eigenvalue weighted by Gasteiger charge is -2.26. The van der Waals surface area contributed by atoms with E-state index in [0.717, 1.165) is 19.3 Å². The first-order valence-electron chi connectivity index (χ1n) is 4.98. The molecule has 1 atom stereocenters. The molecule has 0 heterocycles. The van der Waals surface area contributed by atoms with Gasteiger partial charge in [0.1, 0.15) is 0 Å². The summed E-state index contributed by atoms with van der Waals surface area (Å²) < 4.78 is 0. The van der Waals surface area contributed by atoms with Crippen LogP contribution in [0.3, 0.4) is 0 Å². The average molecular weight is 170 g/mol. The molecule has 2 heteroatoms. The molecule has 0 bridgehead atoms. The van der Waals surface area contributed by atoms with E-state index < -0.39 is 5.97 Å². The molecule has 0 aliphatic heterocycles. The summed E-state index contributed by atoms with van der Waals surface area (Å²) in [6.45, 7) is 1.98. The van der Waals surface area contributed by atoms with Crippen molar-refractivity contribution in [3.63, 3.8) is 0 Å². The zero-order valence-electron chi connectivity index (χ0n) is 7.75. The van der Waals surface area contributed by atoms with Crippen LogP contribution in [-0.2, 0) is 4.79 Å². The molecule has 1 rings (SSSR count). The highest BCUT2D eigenvalue weighted by molar-refractivity contribution is 5.70. The predicted octanol–water partition coefficient (Wildman–Crippen LogP) is 2.68. The lowest BCUT2D eigenvalue weighted by molar-refractivity contribution is -0.144. The van der Waals surface area contributed by atoms with Crippen molar-refractivity contribution in [3.05, 3.63) is 0 Å². The van der Waals surface area contributed by atoms with Crippen molar-refractivity contribution >= 4 is 5.97 Å². The fourth-order valence-corrected chi connectivity index (χ4v) is 2.25. The Morgan fingerprint density at radius 3 is 2.42 bits per heavy atom. The van der Waals surface area contributed by atoms with Crippen LogP contribution < -0.4 is 0 Å². The Labute approximate surface area is 74.0 Å². The van der Waals surface area contributed by atoms with Gasteiger partial charge in [-0.15, -0.1) is 0 Å². The molecular formula is C10H18O2. The van der Waals surface area contributed by atoms with E-state index in [4.69, 9.17) is 5.11 Å². The Kier molecular flexibility index (Phi) is 3.57. The highest BCUT2D eigenvalue weighted by Crippen LogP contribution is 2.31. The van der Waals surface area contributed by atoms with E-state index in [1.54, 1.807) is 0 Å². The van der Waals surface area contributed by atoms with E-state index in [9.17, 15) is 4.79 Å². The van der Waals surface area contributed by atoms with Gasteiger partial charge in [0, 0.05) is 0 Å². The molecule has 1 aliphatic rings. The van der Waals surface area contributed by atoms with Crippen molar-refractivity contribution in [3.8, 4) is 0 Å². The van der Waals surface area contributed by atoms with E-state index in [2.05, 4.69) is 0 Å². The molecule has 0 saturated heterocycles. The third kappa shape index (κ3) is 2.23. The fourth-order valence-electron chi connectivity index (χ4n) is 2.25. The molecule has 1 fully saturated rings. The summed E-state index contributed by atoms with van der Waals surface area (Å²) in [5, 5.41) is 8.93. The molecule has 1 aliphatic carbocycles. The predicted molar refractivity (Wildman–Crippen MR) is 48.0 cm³/mol. The summed E-state index contributed by atoms with van der Waals surface area (Å²) in [4.78, 5) is 10.8. The Morgan fingerprint density at radius 1 is 1.42 bits per heavy atom. The van der Waals surface area contributed by atoms with E-state index in [-0.39, 0.29) is 5.92 Å². The van der Waals surface area contributed by atoms with Crippen molar-refractivity contribution in [1.82, 2.24) is 0 Å². The molecule has 0 amide bonds. The second-order valence-electron chi connectivity index (χ2n) is 3.75. The summed E-state index contributed by atoms with van der Waals surface area (Å²) in [5.41, 5.74) is 0. The molecule has 0 radical (unpaired) electrons. The lowest BCUT2D eigenvalue weighted by atomic mass is 9.79. The summed E-state index contributed by atoms with van der Waals surface area (Å²) in [5.74, 6) is -0.212. The van der Waals surface area contributed by atoms with Gasteiger partial charge in [-0.1, -0.05) is 26.2 Å². The van der Waals surface area contributed by atoms with Gasteiger partial charge in [-0.05, 0) is 25.2 Å². The van der Waals surface area contributed by atoms with Crippen LogP contribution in [-0.4, -0.2) is 11.1 Å². The summed E-state index contributed by atoms with van der Waals surface area (Å²) in [6, 6.07) is 0. The number of rotatable bonds is 3. The van der Waals surface area contributed by atoms with Crippen LogP contribution in [0.4, 0.5) is 0 Å². The quantitative estimate of drug-likeness (QED) is 0.707. The minimum absolute atomic E-state index is 0.0784. The van der Waals surface area contributed by atoms with Crippen LogP contribution in [0.5, 0.6) is 0 Å². The van der Waals surface area contributed by atoms with Gasteiger partial charge in [0.05, 0.1) is 5.92 Å². The van der Waals surface area contributed by atoms with Crippen molar-refractivity contribution in [2.75, 3.05) is 0 Å². The molecular weight excluding hydrogens is 152 g/mol. The number of carboxylic acid groups (broad SMARTS) is 1. The van der Waals surface area contributed by atoms with E-state index >= 15 is 0 Å². The topological polar surface area (TPSA) is 37.3 Å². The molecule has 0 aromatic carbocycles. The first kappa shape index (κ1) is 9.56. The van der Waals surface area contributed by atoms with E-state index in [0.29, 0.717) is 5.92 Å². The Morgan fingerprint density at radius 2 is 2.00 bits per heavy atom. The second kappa shape index (κ2) is 4.48. The normalized spacial score (nSPS) is 22.1. The summed E-state index contributed by atoms with van der Waals surface area (Å²) in [6.07, 6.45) is 6.81. The first-order valence-corrected chi connectivity index (χ1v) is 4.98. The van der Waals surface area contributed by atoms with Crippen molar-refractivity contribution < 1.29 is 9.90 Å². The largest absolute Gasteiger partial charge is 0.481 e. The van der Waals surface area contributed by atoms with Crippen LogP contribution in [0, 0.1) is 11.8 Å². The summed E-state index contributed by atoms with van der Waals surface area (Å²) in [7, 11) is 0. The zero-order valence-corrected chi connectivity index (χ0v) is 7.75. The molecule has 0 unspecified atom stereocenters. The third-order valence-electron chi connectivity index (χ3n) is 2.98. The molecule has 0 aromatic heterocycles. The molecule has 2 nitrogen and oxygen atoms in total. The Bertz CT molecular complexity index is 148. The zero-order chi connectivity index (χ0) is 8.97. The van der Waals surface area contributed by atoms with Crippen LogP contribution in [0.1, 0.15) is 45.4 Å². The molecule has 1 N–H and O–H groups in total. The van der Waals surface area contributed by atoms with Crippen LogP contribution in [0.2, 0.25) is 0 Å². The SMILES string of the molecule is CC[C@H](C(=O)O)C1CCCCC1. The van der Waals surface area contributed by atoms with E-state index in [1.807, 2.05) is 6.92 Å². The average Bonchev–Trinajstić information content (AvgIpc) is 2.07. The van der Waals surface area contributed by atoms with Gasteiger partial charge in [0.25, 0.3) is 0 Å². The highest BCUT2D eigenvalue weighted by atomic mass is 16.4. The number of carboxylic acids is 1. The van der Waals surface area contributed by atoms with E-state index in [1.165, 1.54) is 19.3 Å². The number of aliphatic carboxylic acids is 1. The van der Waals surface area contributed by atoms with Gasteiger partial charge in [-0.2, -0.15) is 0 Å². The Balaban J connectivity index is 2.46. The van der Waals surface area contributed by atoms with Crippen molar-refractivity contribution in [1.29, 1.82) is 0 Å². The highest BCUT2D eigenvalue weighted by Gasteiger charge is 2.27. The molecule has 0 spiro atoms. The van der Waals surface area contributed by atoms with Gasteiger partial charge >= 0.3 is 5.97 Å². The van der Waals surface area contributed by atoms with Crippen LogP contribution in [0.15, 0.2) is 0 Å². The number of carbonyl (C=O) groups is 1. The smallest absolute Gasteiger partial charge is 0.306 e. The Hall–Kier alpha value is -0.530. The molecule has 1 saturated carbocycles. The van der Waals surface area contributed by atoms with Gasteiger partial charge in [0.2, 0.25) is 0 Å². The molecule has 0 aromatic rings. The van der Waals surface area contributed by atoms with Crippen LogP contribution >= 0.6 is 0 Å². The standard InChI is InChI=1S/C10H18O2/c1-2-9(10(11)12)8-6-4-3-5-7-8/h8-9H,2-7H2,1H3,(H,11,12)/t9-/m0/s1. The lowest BCUT2D eigenvalue weighted by Crippen LogP contribution is -2.24. The van der Waals surface area contributed by atoms with Crippen LogP contribution in [0.25, 0.3) is 0 Å². The summed E-state index contributed by atoms with van der Waals surface area (Å²) >= 11 is 0. The fraction of sp³-hybridized carbons (Fsp3) is 0.900. The maximum Gasteiger partial charge on any atom is 0.306 e. The van der Waals surface area contributed by atoms with Crippen molar-refractivity contribution in [2.24, 2.45) is 11.8 Å². The maximum atomic E-state index is 10.8. The number of hydrogen-bond donors (Lipinski definition) is 1. The minimum Gasteiger partial charge on any atom is -0.481 e.